The molecule has 0 amide bonds. The molecule has 3 fully saturated rings. The zero-order valence-electron chi connectivity index (χ0n) is 36.6. The molecule has 0 spiro atoms. The minimum atomic E-state index is -2.14. The number of phenolic OH excluding ortho intramolecular Hbond substituents is 4. The van der Waals surface area contributed by atoms with Crippen molar-refractivity contribution in [3.63, 3.8) is 0 Å². The van der Waals surface area contributed by atoms with Gasteiger partial charge in [-0.2, -0.15) is 0 Å². The number of esters is 1. The first-order valence-corrected chi connectivity index (χ1v) is 20.9. The zero-order chi connectivity index (χ0) is 50.0. The van der Waals surface area contributed by atoms with Crippen LogP contribution in [-0.4, -0.2) is 194 Å². The Balaban J connectivity index is 1.30. The smallest absolute Gasteiger partial charge is 0.331 e. The Bertz CT molecular complexity index is 2540. The summed E-state index contributed by atoms with van der Waals surface area (Å²) in [6, 6.07) is 8.70. The molecule has 25 nitrogen and oxygen atoms in total. The van der Waals surface area contributed by atoms with Gasteiger partial charge < -0.3 is 113 Å². The third-order valence-corrected chi connectivity index (χ3v) is 11.5. The summed E-state index contributed by atoms with van der Waals surface area (Å²) >= 11 is 0. The van der Waals surface area contributed by atoms with Crippen molar-refractivity contribution >= 4 is 23.0 Å². The van der Waals surface area contributed by atoms with Gasteiger partial charge in [-0.05, 0) is 42.0 Å². The van der Waals surface area contributed by atoms with E-state index in [1.807, 2.05) is 0 Å². The summed E-state index contributed by atoms with van der Waals surface area (Å²) in [4.78, 5) is 28.2. The first-order chi connectivity index (χ1) is 32.9. The Hall–Kier alpha value is -6.04. The minimum Gasteiger partial charge on any atom is -0.504 e. The van der Waals surface area contributed by atoms with Crippen LogP contribution in [-0.2, 0) is 33.2 Å². The van der Waals surface area contributed by atoms with Crippen molar-refractivity contribution in [3.05, 3.63) is 64.3 Å². The van der Waals surface area contributed by atoms with Crippen molar-refractivity contribution in [2.75, 3.05) is 41.2 Å². The molecule has 3 aromatic carbocycles. The standard InChI is InChI=1S/C44H50O25/c1-59-22-10-16(4-7-18(22)47)5-9-27(51)66-41-38(67-42-35(58)33(56)29(52)25(13-45)64-42)21(50)15-62-43(41)69-40-34(57)30(53)26(14-46)65-44(40)68-39-32(55)28-24(12-20(49)37(61-3)31(28)54)63-36(39)17-6-8-19(48)23(11-17)60-2/h4-12,21,25-26,29-30,33-35,38,40-50,52-54,56-58H,13-15H2,1-3H3/b9-5+. The quantitative estimate of drug-likeness (QED) is 0.0454. The molecule has 7 rings (SSSR count). The van der Waals surface area contributed by atoms with E-state index in [-0.39, 0.29) is 28.6 Å². The lowest BCUT2D eigenvalue weighted by Gasteiger charge is -2.47. The van der Waals surface area contributed by atoms with E-state index >= 15 is 0 Å². The predicted molar refractivity (Wildman–Crippen MR) is 227 cm³/mol. The number of rotatable bonds is 15. The van der Waals surface area contributed by atoms with Crippen LogP contribution >= 0.6 is 0 Å². The summed E-state index contributed by atoms with van der Waals surface area (Å²) in [6.07, 6.45) is -24.7. The number of fused-ring (bicyclic) bond motifs is 1. The largest absolute Gasteiger partial charge is 0.504 e. The summed E-state index contributed by atoms with van der Waals surface area (Å²) in [6.45, 7) is -2.56. The average Bonchev–Trinajstić information content (AvgIpc) is 3.33. The fourth-order valence-electron chi connectivity index (χ4n) is 7.81. The van der Waals surface area contributed by atoms with E-state index in [2.05, 4.69) is 0 Å². The normalized spacial score (nSPS) is 30.5. The molecule has 12 N–H and O–H groups in total. The number of carbonyl (C=O) groups is 1. The van der Waals surface area contributed by atoms with Crippen molar-refractivity contribution in [1.82, 2.24) is 0 Å². The molecule has 14 unspecified atom stereocenters. The average molecular weight is 979 g/mol. The molecular weight excluding hydrogens is 928 g/mol. The molecule has 376 valence electrons. The number of methoxy groups -OCH3 is 3. The zero-order valence-corrected chi connectivity index (χ0v) is 36.6. The van der Waals surface area contributed by atoms with Gasteiger partial charge in [-0.15, -0.1) is 0 Å². The van der Waals surface area contributed by atoms with Crippen LogP contribution in [0.4, 0.5) is 0 Å². The second-order valence-electron chi connectivity index (χ2n) is 15.8. The van der Waals surface area contributed by atoms with Crippen LogP contribution in [0.3, 0.4) is 0 Å². The van der Waals surface area contributed by atoms with Gasteiger partial charge in [0.1, 0.15) is 65.9 Å². The van der Waals surface area contributed by atoms with Crippen LogP contribution in [0, 0.1) is 0 Å². The topological polar surface area (TPSA) is 382 Å². The third kappa shape index (κ3) is 10.2. The van der Waals surface area contributed by atoms with E-state index in [0.29, 0.717) is 5.56 Å². The summed E-state index contributed by atoms with van der Waals surface area (Å²) in [5.74, 6) is -5.14. The van der Waals surface area contributed by atoms with Gasteiger partial charge >= 0.3 is 5.97 Å². The van der Waals surface area contributed by atoms with E-state index in [9.17, 15) is 70.9 Å². The van der Waals surface area contributed by atoms with E-state index in [4.69, 9.17) is 51.8 Å². The monoisotopic (exact) mass is 978 g/mol. The van der Waals surface area contributed by atoms with E-state index in [1.54, 1.807) is 0 Å². The number of carbonyl (C=O) groups excluding carboxylic acids is 1. The number of hydrogen-bond donors (Lipinski definition) is 12. The van der Waals surface area contributed by atoms with Gasteiger partial charge in [-0.1, -0.05) is 6.07 Å². The van der Waals surface area contributed by atoms with Gasteiger partial charge in [0.15, 0.2) is 65.0 Å². The Morgan fingerprint density at radius 3 is 1.96 bits per heavy atom. The van der Waals surface area contributed by atoms with Crippen LogP contribution in [0.2, 0.25) is 0 Å². The molecule has 14 atom stereocenters. The van der Waals surface area contributed by atoms with Crippen molar-refractivity contribution in [3.8, 4) is 57.3 Å². The molecule has 4 aromatic rings. The first kappa shape index (κ1) is 50.8. The van der Waals surface area contributed by atoms with Crippen LogP contribution in [0.25, 0.3) is 28.4 Å². The molecule has 3 saturated heterocycles. The Morgan fingerprint density at radius 2 is 1.30 bits per heavy atom. The Labute approximate surface area is 389 Å². The van der Waals surface area contributed by atoms with Crippen molar-refractivity contribution in [2.45, 2.75) is 86.0 Å². The number of aliphatic hydroxyl groups excluding tert-OH is 8. The van der Waals surface area contributed by atoms with Gasteiger partial charge in [-0.3, -0.25) is 4.79 Å². The van der Waals surface area contributed by atoms with Crippen molar-refractivity contribution in [1.29, 1.82) is 0 Å². The Kier molecular flexibility index (Phi) is 15.7. The number of phenols is 4. The highest BCUT2D eigenvalue weighted by Crippen LogP contribution is 2.45. The van der Waals surface area contributed by atoms with Crippen LogP contribution in [0.15, 0.2) is 57.8 Å². The fraction of sp³-hybridized carbons (Fsp3) is 0.455. The number of benzene rings is 3. The number of ether oxygens (including phenoxy) is 10. The molecule has 4 heterocycles. The van der Waals surface area contributed by atoms with Gasteiger partial charge in [-0.25, -0.2) is 4.79 Å². The molecule has 3 aliphatic heterocycles. The molecule has 0 aliphatic carbocycles. The lowest BCUT2D eigenvalue weighted by Crippen LogP contribution is -2.66. The second-order valence-corrected chi connectivity index (χ2v) is 15.8. The molecule has 69 heavy (non-hydrogen) atoms. The second kappa shape index (κ2) is 21.3. The highest BCUT2D eigenvalue weighted by Gasteiger charge is 2.54. The van der Waals surface area contributed by atoms with Crippen molar-refractivity contribution < 1.29 is 118 Å². The van der Waals surface area contributed by atoms with Gasteiger partial charge in [0, 0.05) is 17.7 Å². The third-order valence-electron chi connectivity index (χ3n) is 11.5. The lowest BCUT2D eigenvalue weighted by atomic mass is 9.98. The van der Waals surface area contributed by atoms with E-state index in [0.717, 1.165) is 19.3 Å². The SMILES string of the molecule is COc1cc(/C=C/C(=O)OC2C(OC3C(Oc4c(-c5ccc(O)c(OC)c5)oc5cc(O)c(OC)c(O)c5c4=O)OC(CO)C(O)C3O)OCC(O)C2OC2OC(CO)C(O)C(O)C2O)ccc1O. The highest BCUT2D eigenvalue weighted by molar-refractivity contribution is 5.91. The molecule has 0 radical (unpaired) electrons. The maximum absolute atomic E-state index is 14.5. The van der Waals surface area contributed by atoms with Gasteiger partial charge in [0.2, 0.25) is 23.2 Å². The lowest BCUT2D eigenvalue weighted by molar-refractivity contribution is -0.369. The summed E-state index contributed by atoms with van der Waals surface area (Å²) < 4.78 is 62.5. The molecular formula is C44H50O25. The fourth-order valence-corrected chi connectivity index (χ4v) is 7.81. The van der Waals surface area contributed by atoms with E-state index < -0.39 is 157 Å². The van der Waals surface area contributed by atoms with Crippen LogP contribution in [0.1, 0.15) is 5.56 Å². The molecule has 1 aromatic heterocycles. The highest BCUT2D eigenvalue weighted by atomic mass is 16.8. The summed E-state index contributed by atoms with van der Waals surface area (Å²) in [5, 5.41) is 127. The maximum Gasteiger partial charge on any atom is 0.331 e. The summed E-state index contributed by atoms with van der Waals surface area (Å²) in [5.41, 5.74) is -1.27. The summed E-state index contributed by atoms with van der Waals surface area (Å²) in [7, 11) is 3.62. The van der Waals surface area contributed by atoms with Crippen LogP contribution < -0.4 is 24.4 Å². The van der Waals surface area contributed by atoms with Gasteiger partial charge in [0.25, 0.3) is 0 Å². The van der Waals surface area contributed by atoms with Crippen LogP contribution in [0.5, 0.6) is 46.0 Å². The molecule has 3 aliphatic rings. The molecule has 0 bridgehead atoms. The molecule has 0 saturated carbocycles. The number of aromatic hydroxyl groups is 4. The Morgan fingerprint density at radius 1 is 0.681 bits per heavy atom. The first-order valence-electron chi connectivity index (χ1n) is 20.9. The van der Waals surface area contributed by atoms with E-state index in [1.165, 1.54) is 56.7 Å². The van der Waals surface area contributed by atoms with Crippen molar-refractivity contribution in [2.24, 2.45) is 0 Å². The maximum atomic E-state index is 14.5. The molecule has 25 heteroatoms. The number of hydrogen-bond acceptors (Lipinski definition) is 25. The predicted octanol–water partition coefficient (Wildman–Crippen LogP) is -1.96. The minimum absolute atomic E-state index is 0.0235. The number of aliphatic hydroxyl groups is 8. The van der Waals surface area contributed by atoms with Gasteiger partial charge in [0.05, 0.1) is 41.2 Å².